The van der Waals surface area contributed by atoms with Crippen molar-refractivity contribution in [1.29, 1.82) is 0 Å². The number of halogens is 1. The molecule has 0 aliphatic carbocycles. The van der Waals surface area contributed by atoms with Gasteiger partial charge in [-0.25, -0.2) is 4.39 Å². The van der Waals surface area contributed by atoms with E-state index in [0.717, 1.165) is 0 Å². The standard InChI is InChI=1S/C13H18FNO/c1-10(2)6-7-15-9-13(16)11-4-3-5-12(14)8-11/h3-6,8,13,15-16H,7,9H2,1-2H3. The quantitative estimate of drug-likeness (QED) is 0.593. The number of aliphatic hydroxyl groups is 1. The van der Waals surface area contributed by atoms with Crippen molar-refractivity contribution >= 4 is 0 Å². The van der Waals surface area contributed by atoms with Crippen LogP contribution in [0.25, 0.3) is 0 Å². The highest BCUT2D eigenvalue weighted by Gasteiger charge is 2.06. The van der Waals surface area contributed by atoms with Gasteiger partial charge in [-0.1, -0.05) is 23.8 Å². The van der Waals surface area contributed by atoms with Crippen LogP contribution in [0.4, 0.5) is 4.39 Å². The molecule has 1 atom stereocenters. The summed E-state index contributed by atoms with van der Waals surface area (Å²) in [5.41, 5.74) is 1.83. The third-order valence-corrected chi connectivity index (χ3v) is 2.23. The number of nitrogens with one attached hydrogen (secondary N) is 1. The zero-order valence-corrected chi connectivity index (χ0v) is 9.70. The lowest BCUT2D eigenvalue weighted by molar-refractivity contribution is 0.176. The van der Waals surface area contributed by atoms with Crippen LogP contribution in [0.3, 0.4) is 0 Å². The summed E-state index contributed by atoms with van der Waals surface area (Å²) >= 11 is 0. The molecule has 0 fully saturated rings. The molecular weight excluding hydrogens is 205 g/mol. The van der Waals surface area contributed by atoms with Crippen molar-refractivity contribution in [1.82, 2.24) is 5.32 Å². The van der Waals surface area contributed by atoms with Gasteiger partial charge in [-0.15, -0.1) is 0 Å². The van der Waals surface area contributed by atoms with Crippen LogP contribution in [0.2, 0.25) is 0 Å². The van der Waals surface area contributed by atoms with E-state index in [1.165, 1.54) is 17.7 Å². The van der Waals surface area contributed by atoms with Crippen LogP contribution in [0, 0.1) is 5.82 Å². The predicted octanol–water partition coefficient (Wildman–Crippen LogP) is 2.41. The number of hydrogen-bond donors (Lipinski definition) is 2. The number of hydrogen-bond acceptors (Lipinski definition) is 2. The number of allylic oxidation sites excluding steroid dienone is 1. The Labute approximate surface area is 95.8 Å². The molecule has 0 heterocycles. The van der Waals surface area contributed by atoms with Crippen molar-refractivity contribution in [2.75, 3.05) is 13.1 Å². The Bertz CT molecular complexity index is 359. The summed E-state index contributed by atoms with van der Waals surface area (Å²) in [4.78, 5) is 0. The van der Waals surface area contributed by atoms with Gasteiger partial charge in [-0.2, -0.15) is 0 Å². The smallest absolute Gasteiger partial charge is 0.123 e. The largest absolute Gasteiger partial charge is 0.387 e. The molecule has 0 aromatic heterocycles. The van der Waals surface area contributed by atoms with E-state index in [1.807, 2.05) is 19.9 Å². The van der Waals surface area contributed by atoms with E-state index in [0.29, 0.717) is 18.7 Å². The third-order valence-electron chi connectivity index (χ3n) is 2.23. The van der Waals surface area contributed by atoms with Gasteiger partial charge in [0.15, 0.2) is 0 Å². The molecule has 1 aromatic carbocycles. The molecule has 0 saturated heterocycles. The molecule has 0 aliphatic heterocycles. The molecule has 2 N–H and O–H groups in total. The first kappa shape index (κ1) is 12.9. The predicted molar refractivity (Wildman–Crippen MR) is 63.7 cm³/mol. The average Bonchev–Trinajstić information content (AvgIpc) is 2.24. The first-order chi connectivity index (χ1) is 7.59. The molecule has 1 unspecified atom stereocenters. The Morgan fingerprint density at radius 1 is 1.50 bits per heavy atom. The zero-order valence-electron chi connectivity index (χ0n) is 9.70. The molecule has 0 saturated carbocycles. The molecular formula is C13H18FNO. The lowest BCUT2D eigenvalue weighted by atomic mass is 10.1. The Kier molecular flexibility index (Phi) is 5.15. The van der Waals surface area contributed by atoms with Gasteiger partial charge in [0.1, 0.15) is 5.82 Å². The van der Waals surface area contributed by atoms with Crippen LogP contribution < -0.4 is 5.32 Å². The Balaban J connectivity index is 2.41. The van der Waals surface area contributed by atoms with E-state index >= 15 is 0 Å². The molecule has 3 heteroatoms. The fourth-order valence-electron chi connectivity index (χ4n) is 1.33. The van der Waals surface area contributed by atoms with Crippen molar-refractivity contribution in [3.05, 3.63) is 47.3 Å². The van der Waals surface area contributed by atoms with Gasteiger partial charge in [0.25, 0.3) is 0 Å². The van der Waals surface area contributed by atoms with E-state index in [-0.39, 0.29) is 5.82 Å². The topological polar surface area (TPSA) is 32.3 Å². The normalized spacial score (nSPS) is 12.2. The van der Waals surface area contributed by atoms with E-state index in [1.54, 1.807) is 12.1 Å². The summed E-state index contributed by atoms with van der Waals surface area (Å²) in [6, 6.07) is 6.04. The lowest BCUT2D eigenvalue weighted by Gasteiger charge is -2.11. The minimum absolute atomic E-state index is 0.319. The number of rotatable bonds is 5. The minimum atomic E-state index is -0.665. The van der Waals surface area contributed by atoms with Crippen molar-refractivity contribution < 1.29 is 9.50 Å². The maximum Gasteiger partial charge on any atom is 0.123 e. The lowest BCUT2D eigenvalue weighted by Crippen LogP contribution is -2.21. The van der Waals surface area contributed by atoms with Gasteiger partial charge in [0.2, 0.25) is 0 Å². The van der Waals surface area contributed by atoms with Crippen molar-refractivity contribution in [3.63, 3.8) is 0 Å². The van der Waals surface area contributed by atoms with Crippen molar-refractivity contribution in [2.45, 2.75) is 20.0 Å². The summed E-state index contributed by atoms with van der Waals surface area (Å²) < 4.78 is 12.9. The zero-order chi connectivity index (χ0) is 12.0. The minimum Gasteiger partial charge on any atom is -0.387 e. The highest BCUT2D eigenvalue weighted by atomic mass is 19.1. The van der Waals surface area contributed by atoms with Gasteiger partial charge in [-0.3, -0.25) is 0 Å². The Morgan fingerprint density at radius 2 is 2.25 bits per heavy atom. The SMILES string of the molecule is CC(C)=CCNCC(O)c1cccc(F)c1. The van der Waals surface area contributed by atoms with Crippen molar-refractivity contribution in [3.8, 4) is 0 Å². The second-order valence-corrected chi connectivity index (χ2v) is 4.01. The summed E-state index contributed by atoms with van der Waals surface area (Å²) in [6.45, 7) is 5.18. The summed E-state index contributed by atoms with van der Waals surface area (Å²) in [6.07, 6.45) is 1.37. The van der Waals surface area contributed by atoms with E-state index in [4.69, 9.17) is 0 Å². The maximum atomic E-state index is 12.9. The van der Waals surface area contributed by atoms with Crippen LogP contribution in [0.1, 0.15) is 25.5 Å². The summed E-state index contributed by atoms with van der Waals surface area (Å²) in [5, 5.41) is 12.8. The molecule has 1 aromatic rings. The van der Waals surface area contributed by atoms with Crippen LogP contribution in [-0.4, -0.2) is 18.2 Å². The van der Waals surface area contributed by atoms with Crippen LogP contribution in [0.15, 0.2) is 35.9 Å². The average molecular weight is 223 g/mol. The molecule has 0 amide bonds. The molecule has 16 heavy (non-hydrogen) atoms. The highest BCUT2D eigenvalue weighted by molar-refractivity contribution is 5.18. The van der Waals surface area contributed by atoms with Crippen LogP contribution in [-0.2, 0) is 0 Å². The van der Waals surface area contributed by atoms with Gasteiger partial charge in [0.05, 0.1) is 6.10 Å². The molecule has 0 bridgehead atoms. The first-order valence-electron chi connectivity index (χ1n) is 5.37. The number of benzene rings is 1. The second-order valence-electron chi connectivity index (χ2n) is 4.01. The van der Waals surface area contributed by atoms with Crippen molar-refractivity contribution in [2.24, 2.45) is 0 Å². The molecule has 0 spiro atoms. The van der Waals surface area contributed by atoms with Gasteiger partial charge in [-0.05, 0) is 31.5 Å². The monoisotopic (exact) mass is 223 g/mol. The van der Waals surface area contributed by atoms with E-state index < -0.39 is 6.10 Å². The summed E-state index contributed by atoms with van der Waals surface area (Å²) in [5.74, 6) is -0.319. The van der Waals surface area contributed by atoms with Gasteiger partial charge >= 0.3 is 0 Å². The summed E-state index contributed by atoms with van der Waals surface area (Å²) in [7, 11) is 0. The first-order valence-corrected chi connectivity index (χ1v) is 5.37. The Morgan fingerprint density at radius 3 is 2.88 bits per heavy atom. The van der Waals surface area contributed by atoms with Crippen LogP contribution >= 0.6 is 0 Å². The van der Waals surface area contributed by atoms with Gasteiger partial charge in [0, 0.05) is 13.1 Å². The molecule has 0 radical (unpaired) electrons. The highest BCUT2D eigenvalue weighted by Crippen LogP contribution is 2.12. The fourth-order valence-corrected chi connectivity index (χ4v) is 1.33. The van der Waals surface area contributed by atoms with Gasteiger partial charge < -0.3 is 10.4 Å². The maximum absolute atomic E-state index is 12.9. The molecule has 2 nitrogen and oxygen atoms in total. The van der Waals surface area contributed by atoms with Crippen LogP contribution in [0.5, 0.6) is 0 Å². The Hall–Kier alpha value is -1.19. The van der Waals surface area contributed by atoms with E-state index in [9.17, 15) is 9.50 Å². The fraction of sp³-hybridized carbons (Fsp3) is 0.385. The molecule has 1 rings (SSSR count). The molecule has 88 valence electrons. The third kappa shape index (κ3) is 4.55. The van der Waals surface area contributed by atoms with E-state index in [2.05, 4.69) is 5.32 Å². The molecule has 0 aliphatic rings. The second kappa shape index (κ2) is 6.40. The number of aliphatic hydroxyl groups excluding tert-OH is 1.